The summed E-state index contributed by atoms with van der Waals surface area (Å²) >= 11 is 0. The zero-order valence-corrected chi connectivity index (χ0v) is 12.7. The topological polar surface area (TPSA) is 50.2 Å². The highest BCUT2D eigenvalue weighted by atomic mass is 19.1. The molecule has 1 aromatic carbocycles. The van der Waals surface area contributed by atoms with Gasteiger partial charge in [0.15, 0.2) is 0 Å². The second kappa shape index (κ2) is 5.88. The summed E-state index contributed by atoms with van der Waals surface area (Å²) < 4.78 is 15.3. The molecular weight excluding hydrogens is 283 g/mol. The van der Waals surface area contributed by atoms with Gasteiger partial charge in [-0.1, -0.05) is 0 Å². The van der Waals surface area contributed by atoms with Crippen LogP contribution >= 0.6 is 0 Å². The fourth-order valence-electron chi connectivity index (χ4n) is 2.82. The Kier molecular flexibility index (Phi) is 3.94. The van der Waals surface area contributed by atoms with E-state index in [0.29, 0.717) is 24.2 Å². The number of hydrogen-bond acceptors (Lipinski definition) is 3. The Balaban J connectivity index is 1.91. The lowest BCUT2D eigenvalue weighted by atomic mass is 10.1. The molecule has 1 aliphatic rings. The predicted molar refractivity (Wildman–Crippen MR) is 81.0 cm³/mol. The predicted octanol–water partition coefficient (Wildman–Crippen LogP) is 1.65. The highest BCUT2D eigenvalue weighted by molar-refractivity contribution is 5.94. The van der Waals surface area contributed by atoms with Crippen LogP contribution in [0.1, 0.15) is 27.8 Å². The first kappa shape index (κ1) is 14.7. The number of nitrogens with zero attached hydrogens (tertiary/aromatic N) is 3. The van der Waals surface area contributed by atoms with Gasteiger partial charge in [0.25, 0.3) is 5.91 Å². The highest BCUT2D eigenvalue weighted by Gasteiger charge is 2.31. The van der Waals surface area contributed by atoms with Gasteiger partial charge in [-0.2, -0.15) is 0 Å². The molecule has 1 atom stereocenters. The molecular formula is C16H19FN4O. The van der Waals surface area contributed by atoms with Gasteiger partial charge in [-0.25, -0.2) is 9.37 Å². The van der Waals surface area contributed by atoms with Gasteiger partial charge in [0, 0.05) is 44.6 Å². The van der Waals surface area contributed by atoms with Crippen LogP contribution in [0.25, 0.3) is 0 Å². The summed E-state index contributed by atoms with van der Waals surface area (Å²) in [5, 5.41) is 3.30. The summed E-state index contributed by atoms with van der Waals surface area (Å²) in [7, 11) is 1.92. The molecule has 1 unspecified atom stereocenters. The van der Waals surface area contributed by atoms with E-state index in [1.165, 1.54) is 6.07 Å². The van der Waals surface area contributed by atoms with Crippen LogP contribution in [0.4, 0.5) is 4.39 Å². The minimum Gasteiger partial charge on any atom is -0.336 e. The Bertz CT molecular complexity index is 697. The quantitative estimate of drug-likeness (QED) is 0.918. The van der Waals surface area contributed by atoms with Gasteiger partial charge in [-0.15, -0.1) is 0 Å². The van der Waals surface area contributed by atoms with Crippen molar-refractivity contribution >= 4 is 5.91 Å². The van der Waals surface area contributed by atoms with E-state index in [2.05, 4.69) is 10.3 Å². The number of benzene rings is 1. The molecule has 5 nitrogen and oxygen atoms in total. The molecule has 116 valence electrons. The van der Waals surface area contributed by atoms with Crippen molar-refractivity contribution in [2.24, 2.45) is 7.05 Å². The van der Waals surface area contributed by atoms with E-state index in [1.54, 1.807) is 25.3 Å². The summed E-state index contributed by atoms with van der Waals surface area (Å²) in [6.07, 6.45) is 3.60. The number of rotatable bonds is 2. The maximum atomic E-state index is 13.4. The molecule has 1 N–H and O–H groups in total. The van der Waals surface area contributed by atoms with Crippen molar-refractivity contribution in [3.05, 3.63) is 53.4 Å². The van der Waals surface area contributed by atoms with E-state index in [-0.39, 0.29) is 17.8 Å². The summed E-state index contributed by atoms with van der Waals surface area (Å²) in [4.78, 5) is 19.0. The van der Waals surface area contributed by atoms with Crippen molar-refractivity contribution in [3.63, 3.8) is 0 Å². The standard InChI is InChI=1S/C16H19FN4O/c1-11-9-12(3-4-13(11)17)16(22)21-8-5-18-10-14(21)15-19-6-7-20(15)2/h3-4,6-7,9,14,18H,5,8,10H2,1-2H3. The first-order chi connectivity index (χ1) is 10.6. The van der Waals surface area contributed by atoms with Crippen molar-refractivity contribution in [2.45, 2.75) is 13.0 Å². The number of nitrogens with one attached hydrogen (secondary N) is 1. The molecule has 0 spiro atoms. The van der Waals surface area contributed by atoms with Crippen LogP contribution in [0.2, 0.25) is 0 Å². The minimum atomic E-state index is -0.294. The number of aryl methyl sites for hydroxylation is 2. The van der Waals surface area contributed by atoms with E-state index in [9.17, 15) is 9.18 Å². The first-order valence-corrected chi connectivity index (χ1v) is 7.33. The first-order valence-electron chi connectivity index (χ1n) is 7.33. The van der Waals surface area contributed by atoms with Gasteiger partial charge in [0.1, 0.15) is 17.7 Å². The van der Waals surface area contributed by atoms with Gasteiger partial charge < -0.3 is 14.8 Å². The number of piperazine rings is 1. The zero-order valence-electron chi connectivity index (χ0n) is 12.7. The second-order valence-corrected chi connectivity index (χ2v) is 5.58. The van der Waals surface area contributed by atoms with Gasteiger partial charge in [-0.05, 0) is 30.7 Å². The molecule has 1 saturated heterocycles. The number of halogens is 1. The number of aromatic nitrogens is 2. The van der Waals surface area contributed by atoms with E-state index in [4.69, 9.17) is 0 Å². The van der Waals surface area contributed by atoms with Gasteiger partial charge in [0.2, 0.25) is 0 Å². The maximum absolute atomic E-state index is 13.4. The Morgan fingerprint density at radius 3 is 2.95 bits per heavy atom. The Morgan fingerprint density at radius 1 is 1.45 bits per heavy atom. The lowest BCUT2D eigenvalue weighted by Gasteiger charge is -2.35. The van der Waals surface area contributed by atoms with Gasteiger partial charge >= 0.3 is 0 Å². The highest BCUT2D eigenvalue weighted by Crippen LogP contribution is 2.23. The summed E-state index contributed by atoms with van der Waals surface area (Å²) in [5.41, 5.74) is 0.995. The van der Waals surface area contributed by atoms with Crippen molar-refractivity contribution in [1.82, 2.24) is 19.8 Å². The van der Waals surface area contributed by atoms with Crippen molar-refractivity contribution in [1.29, 1.82) is 0 Å². The molecule has 0 saturated carbocycles. The SMILES string of the molecule is Cc1cc(C(=O)N2CCNCC2c2nccn2C)ccc1F. The molecule has 22 heavy (non-hydrogen) atoms. The third-order valence-corrected chi connectivity index (χ3v) is 4.07. The molecule has 6 heteroatoms. The van der Waals surface area contributed by atoms with E-state index < -0.39 is 0 Å². The second-order valence-electron chi connectivity index (χ2n) is 5.58. The van der Waals surface area contributed by atoms with Crippen LogP contribution in [0.5, 0.6) is 0 Å². The average molecular weight is 302 g/mol. The monoisotopic (exact) mass is 302 g/mol. The van der Waals surface area contributed by atoms with E-state index in [0.717, 1.165) is 12.4 Å². The summed E-state index contributed by atoms with van der Waals surface area (Å²) in [6, 6.07) is 4.38. The third-order valence-electron chi connectivity index (χ3n) is 4.07. The number of carbonyl (C=O) groups excluding carboxylic acids is 1. The molecule has 1 aromatic heterocycles. The van der Waals surface area contributed by atoms with Gasteiger partial charge in [0.05, 0.1) is 0 Å². The minimum absolute atomic E-state index is 0.0856. The molecule has 2 aromatic rings. The fourth-order valence-corrected chi connectivity index (χ4v) is 2.82. The van der Waals surface area contributed by atoms with Crippen molar-refractivity contribution in [2.75, 3.05) is 19.6 Å². The third kappa shape index (κ3) is 2.62. The van der Waals surface area contributed by atoms with Gasteiger partial charge in [-0.3, -0.25) is 4.79 Å². The molecule has 1 amide bonds. The smallest absolute Gasteiger partial charge is 0.254 e. The molecule has 1 aliphatic heterocycles. The molecule has 3 rings (SSSR count). The van der Waals surface area contributed by atoms with Crippen LogP contribution in [0.3, 0.4) is 0 Å². The largest absolute Gasteiger partial charge is 0.336 e. The lowest BCUT2D eigenvalue weighted by molar-refractivity contribution is 0.0620. The van der Waals surface area contributed by atoms with Crippen LogP contribution in [0, 0.1) is 12.7 Å². The molecule has 0 radical (unpaired) electrons. The number of carbonyl (C=O) groups is 1. The van der Waals surface area contributed by atoms with E-state index in [1.807, 2.05) is 22.7 Å². The summed E-state index contributed by atoms with van der Waals surface area (Å²) in [5.74, 6) is 0.467. The molecule has 0 aliphatic carbocycles. The van der Waals surface area contributed by atoms with Crippen LogP contribution < -0.4 is 5.32 Å². The molecule has 2 heterocycles. The average Bonchev–Trinajstić information content (AvgIpc) is 2.95. The van der Waals surface area contributed by atoms with Crippen molar-refractivity contribution < 1.29 is 9.18 Å². The van der Waals surface area contributed by atoms with Crippen molar-refractivity contribution in [3.8, 4) is 0 Å². The summed E-state index contributed by atoms with van der Waals surface area (Å²) in [6.45, 7) is 3.68. The maximum Gasteiger partial charge on any atom is 0.254 e. The number of imidazole rings is 1. The Morgan fingerprint density at radius 2 is 2.27 bits per heavy atom. The number of amides is 1. The molecule has 0 bridgehead atoms. The Labute approximate surface area is 128 Å². The van der Waals surface area contributed by atoms with Crippen LogP contribution in [-0.2, 0) is 7.05 Å². The van der Waals surface area contributed by atoms with Crippen LogP contribution in [0.15, 0.2) is 30.6 Å². The van der Waals surface area contributed by atoms with Crippen LogP contribution in [-0.4, -0.2) is 40.0 Å². The molecule has 1 fully saturated rings. The number of hydrogen-bond donors (Lipinski definition) is 1. The lowest BCUT2D eigenvalue weighted by Crippen LogP contribution is -2.49. The zero-order chi connectivity index (χ0) is 15.7. The normalized spacial score (nSPS) is 18.5. The van der Waals surface area contributed by atoms with E-state index >= 15 is 0 Å². The Hall–Kier alpha value is -2.21. The fraction of sp³-hybridized carbons (Fsp3) is 0.375.